The lowest BCUT2D eigenvalue weighted by molar-refractivity contribution is -0.121. The van der Waals surface area contributed by atoms with Gasteiger partial charge in [-0.1, -0.05) is 6.42 Å². The van der Waals surface area contributed by atoms with Gasteiger partial charge in [0.05, 0.1) is 38.5 Å². The summed E-state index contributed by atoms with van der Waals surface area (Å²) in [6, 6.07) is 0.480. The van der Waals surface area contributed by atoms with Crippen LogP contribution in [0.5, 0.6) is 0 Å². The maximum absolute atomic E-state index is 11.9. The van der Waals surface area contributed by atoms with Gasteiger partial charge >= 0.3 is 6.03 Å². The predicted molar refractivity (Wildman–Crippen MR) is 110 cm³/mol. The number of amides is 3. The normalized spacial score (nSPS) is 23.3. The van der Waals surface area contributed by atoms with Gasteiger partial charge < -0.3 is 30.2 Å². The molecule has 3 unspecified atom stereocenters. The third-order valence-corrected chi connectivity index (χ3v) is 6.33. The summed E-state index contributed by atoms with van der Waals surface area (Å²) in [6.45, 7) is 6.29. The number of hydrogen-bond acceptors (Lipinski definition) is 6. The van der Waals surface area contributed by atoms with E-state index in [0.717, 1.165) is 31.4 Å². The molecule has 2 fully saturated rings. The molecule has 3 N–H and O–H groups in total. The Hall–Kier alpha value is -1.03. The van der Waals surface area contributed by atoms with Gasteiger partial charge in [0.1, 0.15) is 0 Å². The lowest BCUT2D eigenvalue weighted by Crippen LogP contribution is -2.36. The highest BCUT2D eigenvalue weighted by atomic mass is 32.2. The standard InChI is InChI=1S/C19H35N3O5S/c1-2-25-10-11-27-13-12-26-9-5-8-20-17(23)7-4-3-6-16-18-15(14-28-16)21-19(24)22-18/h15-16,18H,2-14H2,1H3,(H,20,23)(H2,21,22,24). The first kappa shape index (κ1) is 23.3. The van der Waals surface area contributed by atoms with E-state index in [1.807, 2.05) is 18.7 Å². The van der Waals surface area contributed by atoms with E-state index in [1.165, 1.54) is 0 Å². The van der Waals surface area contributed by atoms with Gasteiger partial charge in [0, 0.05) is 37.2 Å². The van der Waals surface area contributed by atoms with Gasteiger partial charge in [0.2, 0.25) is 5.91 Å². The minimum atomic E-state index is -0.0437. The summed E-state index contributed by atoms with van der Waals surface area (Å²) in [5.41, 5.74) is 0. The molecule has 2 saturated heterocycles. The summed E-state index contributed by atoms with van der Waals surface area (Å²) >= 11 is 1.92. The van der Waals surface area contributed by atoms with Crippen LogP contribution in [0.25, 0.3) is 0 Å². The van der Waals surface area contributed by atoms with Crippen molar-refractivity contribution in [2.75, 3.05) is 51.9 Å². The summed E-state index contributed by atoms with van der Waals surface area (Å²) < 4.78 is 16.0. The number of hydrogen-bond donors (Lipinski definition) is 3. The molecule has 2 aliphatic heterocycles. The number of carbonyl (C=O) groups excluding carboxylic acids is 2. The number of nitrogens with one attached hydrogen (secondary N) is 3. The molecule has 2 aliphatic rings. The van der Waals surface area contributed by atoms with Crippen molar-refractivity contribution in [3.8, 4) is 0 Å². The molecule has 8 nitrogen and oxygen atoms in total. The molecule has 2 rings (SSSR count). The molecule has 28 heavy (non-hydrogen) atoms. The molecule has 0 aliphatic carbocycles. The van der Waals surface area contributed by atoms with Gasteiger partial charge in [-0.05, 0) is 26.2 Å². The van der Waals surface area contributed by atoms with E-state index in [0.29, 0.717) is 57.9 Å². The number of urea groups is 1. The lowest BCUT2D eigenvalue weighted by Gasteiger charge is -2.16. The molecule has 0 aromatic heterocycles. The average molecular weight is 418 g/mol. The fourth-order valence-corrected chi connectivity index (χ4v) is 4.89. The van der Waals surface area contributed by atoms with Gasteiger partial charge in [0.15, 0.2) is 0 Å². The van der Waals surface area contributed by atoms with Gasteiger partial charge in [-0.25, -0.2) is 4.79 Å². The van der Waals surface area contributed by atoms with Crippen LogP contribution >= 0.6 is 11.8 Å². The zero-order chi connectivity index (χ0) is 20.0. The van der Waals surface area contributed by atoms with Crippen LogP contribution in [-0.4, -0.2) is 81.2 Å². The second kappa shape index (κ2) is 14.0. The van der Waals surface area contributed by atoms with Crippen LogP contribution < -0.4 is 16.0 Å². The van der Waals surface area contributed by atoms with Crippen molar-refractivity contribution < 1.29 is 23.8 Å². The second-order valence-electron chi connectivity index (χ2n) is 6.99. The smallest absolute Gasteiger partial charge is 0.315 e. The molecule has 3 amide bonds. The van der Waals surface area contributed by atoms with E-state index >= 15 is 0 Å². The Labute approximate surface area is 172 Å². The Kier molecular flexibility index (Phi) is 11.7. The summed E-state index contributed by atoms with van der Waals surface area (Å²) in [6.07, 6.45) is 4.30. The molecule has 0 aromatic carbocycles. The molecule has 0 radical (unpaired) electrons. The van der Waals surface area contributed by atoms with Crippen LogP contribution in [0.1, 0.15) is 39.0 Å². The van der Waals surface area contributed by atoms with E-state index in [9.17, 15) is 9.59 Å². The zero-order valence-corrected chi connectivity index (χ0v) is 17.7. The van der Waals surface area contributed by atoms with Crippen molar-refractivity contribution in [1.29, 1.82) is 0 Å². The van der Waals surface area contributed by atoms with Crippen LogP contribution in [0, 0.1) is 0 Å². The lowest BCUT2D eigenvalue weighted by atomic mass is 10.0. The molecule has 0 aromatic rings. The molecule has 0 spiro atoms. The Bertz CT molecular complexity index is 469. The van der Waals surface area contributed by atoms with Gasteiger partial charge in [-0.2, -0.15) is 11.8 Å². The topological polar surface area (TPSA) is 97.9 Å². The molecule has 9 heteroatoms. The highest BCUT2D eigenvalue weighted by Gasteiger charge is 2.42. The van der Waals surface area contributed by atoms with Gasteiger partial charge in [-0.15, -0.1) is 0 Å². The second-order valence-corrected chi connectivity index (χ2v) is 8.26. The van der Waals surface area contributed by atoms with Gasteiger partial charge in [-0.3, -0.25) is 4.79 Å². The van der Waals surface area contributed by atoms with Crippen LogP contribution in [-0.2, 0) is 19.0 Å². The molecular weight excluding hydrogens is 382 g/mol. The quantitative estimate of drug-likeness (QED) is 0.259. The zero-order valence-electron chi connectivity index (χ0n) is 16.9. The Morgan fingerprint density at radius 2 is 1.82 bits per heavy atom. The van der Waals surface area contributed by atoms with Crippen LogP contribution in [0.15, 0.2) is 0 Å². The van der Waals surface area contributed by atoms with Crippen molar-refractivity contribution >= 4 is 23.7 Å². The Morgan fingerprint density at radius 1 is 1.07 bits per heavy atom. The highest BCUT2D eigenvalue weighted by molar-refractivity contribution is 8.00. The number of carbonyl (C=O) groups is 2. The third-order valence-electron chi connectivity index (χ3n) is 4.82. The van der Waals surface area contributed by atoms with Crippen molar-refractivity contribution in [2.45, 2.75) is 56.4 Å². The first-order valence-corrected chi connectivity index (χ1v) is 11.4. The van der Waals surface area contributed by atoms with E-state index in [2.05, 4.69) is 16.0 Å². The van der Waals surface area contributed by atoms with E-state index in [4.69, 9.17) is 14.2 Å². The molecule has 162 valence electrons. The average Bonchev–Trinajstić information content (AvgIpc) is 3.22. The minimum Gasteiger partial charge on any atom is -0.379 e. The number of thioether (sulfide) groups is 1. The predicted octanol–water partition coefficient (Wildman–Crippen LogP) is 1.29. The van der Waals surface area contributed by atoms with E-state index in [1.54, 1.807) is 0 Å². The molecule has 3 atom stereocenters. The van der Waals surface area contributed by atoms with E-state index in [-0.39, 0.29) is 24.0 Å². The number of unbranched alkanes of at least 4 members (excludes halogenated alkanes) is 1. The van der Waals surface area contributed by atoms with Crippen LogP contribution in [0.2, 0.25) is 0 Å². The van der Waals surface area contributed by atoms with Crippen molar-refractivity contribution in [2.24, 2.45) is 0 Å². The van der Waals surface area contributed by atoms with Gasteiger partial charge in [0.25, 0.3) is 0 Å². The molecule has 2 heterocycles. The molecular formula is C19H35N3O5S. The summed E-state index contributed by atoms with van der Waals surface area (Å²) in [5, 5.41) is 9.36. The summed E-state index contributed by atoms with van der Waals surface area (Å²) in [4.78, 5) is 23.2. The molecule has 0 saturated carbocycles. The third kappa shape index (κ3) is 8.98. The molecule has 0 bridgehead atoms. The van der Waals surface area contributed by atoms with Crippen molar-refractivity contribution in [3.63, 3.8) is 0 Å². The fourth-order valence-electron chi connectivity index (χ4n) is 3.35. The van der Waals surface area contributed by atoms with Crippen LogP contribution in [0.4, 0.5) is 4.79 Å². The van der Waals surface area contributed by atoms with Crippen molar-refractivity contribution in [3.05, 3.63) is 0 Å². The fraction of sp³-hybridized carbons (Fsp3) is 0.895. The number of rotatable bonds is 16. The summed E-state index contributed by atoms with van der Waals surface area (Å²) in [7, 11) is 0. The Balaban J connectivity index is 1.34. The largest absolute Gasteiger partial charge is 0.379 e. The van der Waals surface area contributed by atoms with Crippen LogP contribution in [0.3, 0.4) is 0 Å². The van der Waals surface area contributed by atoms with E-state index < -0.39 is 0 Å². The SMILES string of the molecule is CCOCCOCCOCCCNC(=O)CCCCC1SCC2NC(=O)NC21. The Morgan fingerprint density at radius 3 is 2.61 bits per heavy atom. The monoisotopic (exact) mass is 417 g/mol. The number of fused-ring (bicyclic) bond motifs is 1. The maximum atomic E-state index is 11.9. The maximum Gasteiger partial charge on any atom is 0.315 e. The highest BCUT2D eigenvalue weighted by Crippen LogP contribution is 2.33. The number of ether oxygens (including phenoxy) is 3. The first-order chi connectivity index (χ1) is 13.7. The van der Waals surface area contributed by atoms with Crippen molar-refractivity contribution in [1.82, 2.24) is 16.0 Å². The summed E-state index contributed by atoms with van der Waals surface area (Å²) in [5.74, 6) is 1.09. The minimum absolute atomic E-state index is 0.0437. The first-order valence-electron chi connectivity index (χ1n) is 10.4.